The standard InChI is InChI=1S/C17H15FN2O/c18-14-3-1-2-13(8-14)11-4-6-12(7-5-11)17-15(9-19)20-16(17)10-21/h1-8,15-17,20-21H,10H2/t15-,16-,17+/m0/s1. The number of nitrogens with one attached hydrogen (secondary N) is 1. The molecule has 106 valence electrons. The van der Waals surface area contributed by atoms with E-state index in [1.807, 2.05) is 30.3 Å². The number of halogens is 1. The largest absolute Gasteiger partial charge is 0.395 e. The molecule has 0 amide bonds. The van der Waals surface area contributed by atoms with Crippen LogP contribution in [0.4, 0.5) is 4.39 Å². The SMILES string of the molecule is N#C[C@@H]1N[C@@H](CO)[C@@H]1c1ccc(-c2cccc(F)c2)cc1. The van der Waals surface area contributed by atoms with Crippen LogP contribution in [-0.2, 0) is 0 Å². The van der Waals surface area contributed by atoms with Crippen LogP contribution in [0.15, 0.2) is 48.5 Å². The molecule has 0 spiro atoms. The average molecular weight is 282 g/mol. The number of benzene rings is 2. The van der Waals surface area contributed by atoms with Crippen molar-refractivity contribution in [3.63, 3.8) is 0 Å². The summed E-state index contributed by atoms with van der Waals surface area (Å²) < 4.78 is 13.2. The highest BCUT2D eigenvalue weighted by molar-refractivity contribution is 5.63. The van der Waals surface area contributed by atoms with Crippen LogP contribution in [0.1, 0.15) is 11.5 Å². The summed E-state index contributed by atoms with van der Waals surface area (Å²) in [4.78, 5) is 0. The number of hydrogen-bond donors (Lipinski definition) is 2. The summed E-state index contributed by atoms with van der Waals surface area (Å²) >= 11 is 0. The fraction of sp³-hybridized carbons (Fsp3) is 0.235. The van der Waals surface area contributed by atoms with Gasteiger partial charge in [0, 0.05) is 12.0 Å². The van der Waals surface area contributed by atoms with Crippen LogP contribution < -0.4 is 5.32 Å². The average Bonchev–Trinajstić information content (AvgIpc) is 2.48. The van der Waals surface area contributed by atoms with E-state index in [1.54, 1.807) is 6.07 Å². The van der Waals surface area contributed by atoms with Gasteiger partial charge in [-0.1, -0.05) is 36.4 Å². The van der Waals surface area contributed by atoms with Gasteiger partial charge in [-0.2, -0.15) is 5.26 Å². The zero-order valence-corrected chi connectivity index (χ0v) is 11.3. The van der Waals surface area contributed by atoms with Gasteiger partial charge in [0.05, 0.1) is 12.7 Å². The first-order chi connectivity index (χ1) is 10.2. The molecule has 0 saturated carbocycles. The summed E-state index contributed by atoms with van der Waals surface area (Å²) in [5.74, 6) is -0.258. The van der Waals surface area contributed by atoms with Crippen molar-refractivity contribution in [1.82, 2.24) is 5.32 Å². The van der Waals surface area contributed by atoms with Gasteiger partial charge >= 0.3 is 0 Å². The fourth-order valence-corrected chi connectivity index (χ4v) is 2.83. The number of aliphatic hydroxyl groups is 1. The van der Waals surface area contributed by atoms with Crippen molar-refractivity contribution in [1.29, 1.82) is 5.26 Å². The summed E-state index contributed by atoms with van der Waals surface area (Å²) in [5.41, 5.74) is 2.77. The van der Waals surface area contributed by atoms with Crippen molar-refractivity contribution in [2.75, 3.05) is 6.61 Å². The Labute approximate surface area is 122 Å². The molecule has 0 bridgehead atoms. The molecule has 2 N–H and O–H groups in total. The Balaban J connectivity index is 1.86. The summed E-state index contributed by atoms with van der Waals surface area (Å²) in [6, 6.07) is 16.0. The molecule has 0 aromatic heterocycles. The van der Waals surface area contributed by atoms with E-state index in [4.69, 9.17) is 5.26 Å². The van der Waals surface area contributed by atoms with Crippen LogP contribution in [0.25, 0.3) is 11.1 Å². The molecule has 1 heterocycles. The number of hydrogen-bond acceptors (Lipinski definition) is 3. The second kappa shape index (κ2) is 5.65. The zero-order valence-electron chi connectivity index (χ0n) is 11.3. The third kappa shape index (κ3) is 2.54. The van der Waals surface area contributed by atoms with E-state index in [0.29, 0.717) is 0 Å². The zero-order chi connectivity index (χ0) is 14.8. The lowest BCUT2D eigenvalue weighted by Gasteiger charge is -2.41. The maximum atomic E-state index is 13.2. The molecule has 3 nitrogen and oxygen atoms in total. The predicted octanol–water partition coefficient (Wildman–Crippen LogP) is 2.43. The monoisotopic (exact) mass is 282 g/mol. The van der Waals surface area contributed by atoms with Gasteiger partial charge in [-0.15, -0.1) is 0 Å². The topological polar surface area (TPSA) is 56.0 Å². The van der Waals surface area contributed by atoms with Crippen molar-refractivity contribution in [3.8, 4) is 17.2 Å². The van der Waals surface area contributed by atoms with Crippen LogP contribution in [0.5, 0.6) is 0 Å². The van der Waals surface area contributed by atoms with Gasteiger partial charge in [0.15, 0.2) is 0 Å². The Morgan fingerprint density at radius 3 is 2.52 bits per heavy atom. The molecule has 2 aromatic carbocycles. The van der Waals surface area contributed by atoms with Gasteiger partial charge in [-0.25, -0.2) is 4.39 Å². The van der Waals surface area contributed by atoms with Crippen molar-refractivity contribution in [2.45, 2.75) is 18.0 Å². The minimum absolute atomic E-state index is 0.00144. The third-order valence-electron chi connectivity index (χ3n) is 3.98. The lowest BCUT2D eigenvalue weighted by molar-refractivity contribution is 0.151. The van der Waals surface area contributed by atoms with E-state index in [-0.39, 0.29) is 30.4 Å². The normalized spacial score (nSPS) is 24.1. The Kier molecular flexibility index (Phi) is 3.70. The van der Waals surface area contributed by atoms with Crippen molar-refractivity contribution in [3.05, 3.63) is 59.9 Å². The maximum Gasteiger partial charge on any atom is 0.123 e. The molecule has 3 atom stereocenters. The molecule has 1 aliphatic rings. The first-order valence-electron chi connectivity index (χ1n) is 6.85. The van der Waals surface area contributed by atoms with E-state index in [1.165, 1.54) is 12.1 Å². The van der Waals surface area contributed by atoms with Crippen LogP contribution in [0.3, 0.4) is 0 Å². The Morgan fingerprint density at radius 1 is 1.14 bits per heavy atom. The first-order valence-corrected chi connectivity index (χ1v) is 6.85. The molecule has 21 heavy (non-hydrogen) atoms. The second-order valence-corrected chi connectivity index (χ2v) is 5.22. The lowest BCUT2D eigenvalue weighted by Crippen LogP contribution is -2.60. The number of rotatable bonds is 3. The molecule has 1 fully saturated rings. The van der Waals surface area contributed by atoms with Gasteiger partial charge in [0.25, 0.3) is 0 Å². The highest BCUT2D eigenvalue weighted by Crippen LogP contribution is 2.33. The Morgan fingerprint density at radius 2 is 1.90 bits per heavy atom. The van der Waals surface area contributed by atoms with Crippen LogP contribution in [0, 0.1) is 17.1 Å². The van der Waals surface area contributed by atoms with Crippen LogP contribution in [0.2, 0.25) is 0 Å². The fourth-order valence-electron chi connectivity index (χ4n) is 2.83. The molecular weight excluding hydrogens is 267 g/mol. The lowest BCUT2D eigenvalue weighted by atomic mass is 9.78. The van der Waals surface area contributed by atoms with E-state index in [2.05, 4.69) is 11.4 Å². The quantitative estimate of drug-likeness (QED) is 0.909. The van der Waals surface area contributed by atoms with Gasteiger partial charge in [-0.3, -0.25) is 5.32 Å². The summed E-state index contributed by atoms with van der Waals surface area (Å²) in [7, 11) is 0. The highest BCUT2D eigenvalue weighted by atomic mass is 19.1. The van der Waals surface area contributed by atoms with Crippen molar-refractivity contribution >= 4 is 0 Å². The van der Waals surface area contributed by atoms with Gasteiger partial charge < -0.3 is 5.11 Å². The van der Waals surface area contributed by atoms with Crippen LogP contribution >= 0.6 is 0 Å². The molecule has 3 rings (SSSR count). The molecule has 2 aromatic rings. The van der Waals surface area contributed by atoms with E-state index >= 15 is 0 Å². The van der Waals surface area contributed by atoms with E-state index in [0.717, 1.165) is 16.7 Å². The number of nitrogens with zero attached hydrogens (tertiary/aromatic N) is 1. The third-order valence-corrected chi connectivity index (χ3v) is 3.98. The van der Waals surface area contributed by atoms with Gasteiger partial charge in [0.1, 0.15) is 11.9 Å². The van der Waals surface area contributed by atoms with Gasteiger partial charge in [0.2, 0.25) is 0 Å². The molecule has 1 saturated heterocycles. The minimum Gasteiger partial charge on any atom is -0.395 e. The second-order valence-electron chi connectivity index (χ2n) is 5.22. The first kappa shape index (κ1) is 13.7. The minimum atomic E-state index is -0.262. The van der Waals surface area contributed by atoms with Gasteiger partial charge in [-0.05, 0) is 28.8 Å². The van der Waals surface area contributed by atoms with E-state index < -0.39 is 0 Å². The van der Waals surface area contributed by atoms with Crippen LogP contribution in [-0.4, -0.2) is 23.8 Å². The van der Waals surface area contributed by atoms with E-state index in [9.17, 15) is 9.50 Å². The van der Waals surface area contributed by atoms with Crippen molar-refractivity contribution < 1.29 is 9.50 Å². The summed E-state index contributed by atoms with van der Waals surface area (Å²) in [6.45, 7) is 0.00843. The molecule has 0 radical (unpaired) electrons. The molecule has 0 aliphatic carbocycles. The summed E-state index contributed by atoms with van der Waals surface area (Å²) in [5, 5.41) is 21.4. The molecule has 4 heteroatoms. The number of nitriles is 1. The molecule has 1 aliphatic heterocycles. The maximum absolute atomic E-state index is 13.2. The molecule has 0 unspecified atom stereocenters. The Bertz CT molecular complexity index is 678. The Hall–Kier alpha value is -2.22. The smallest absolute Gasteiger partial charge is 0.123 e. The molecular formula is C17H15FN2O. The summed E-state index contributed by atoms with van der Waals surface area (Å²) in [6.07, 6.45) is 0. The van der Waals surface area contributed by atoms with Crippen molar-refractivity contribution in [2.24, 2.45) is 0 Å². The number of aliphatic hydroxyl groups excluding tert-OH is 1. The predicted molar refractivity (Wildman–Crippen MR) is 78.0 cm³/mol. The highest BCUT2D eigenvalue weighted by Gasteiger charge is 2.41.